The van der Waals surface area contributed by atoms with Crippen LogP contribution < -0.4 is 11.1 Å². The zero-order chi connectivity index (χ0) is 15.5. The van der Waals surface area contributed by atoms with Gasteiger partial charge < -0.3 is 15.5 Å². The van der Waals surface area contributed by atoms with E-state index in [2.05, 4.69) is 20.4 Å². The lowest BCUT2D eigenvalue weighted by atomic mass is 10.3. The number of aryl methyl sites for hydroxylation is 1. The van der Waals surface area contributed by atoms with Gasteiger partial charge in [0, 0.05) is 11.8 Å². The van der Waals surface area contributed by atoms with Crippen LogP contribution in [0.5, 0.6) is 0 Å². The number of nitrogens with two attached hydrogens (primary N) is 1. The van der Waals surface area contributed by atoms with E-state index in [4.69, 9.17) is 10.2 Å². The Balaban J connectivity index is 1.79. The maximum atomic E-state index is 12.2. The first-order chi connectivity index (χ1) is 10.6. The van der Waals surface area contributed by atoms with Gasteiger partial charge in [-0.1, -0.05) is 0 Å². The third-order valence-corrected chi connectivity index (χ3v) is 3.06. The van der Waals surface area contributed by atoms with Gasteiger partial charge in [0.2, 0.25) is 0 Å². The van der Waals surface area contributed by atoms with Gasteiger partial charge >= 0.3 is 0 Å². The Bertz CT molecular complexity index is 794. The average molecular weight is 298 g/mol. The number of carbonyl (C=O) groups is 1. The fourth-order valence-corrected chi connectivity index (χ4v) is 1.95. The van der Waals surface area contributed by atoms with Crippen molar-refractivity contribution in [2.24, 2.45) is 0 Å². The number of nitrogen functional groups attached to an aromatic ring is 1. The first kappa shape index (κ1) is 13.8. The van der Waals surface area contributed by atoms with E-state index in [-0.39, 0.29) is 23.8 Å². The van der Waals surface area contributed by atoms with Crippen LogP contribution in [0.2, 0.25) is 0 Å². The maximum Gasteiger partial charge on any atom is 0.257 e. The van der Waals surface area contributed by atoms with Crippen LogP contribution in [-0.4, -0.2) is 25.7 Å². The molecule has 3 N–H and O–H groups in total. The lowest BCUT2D eigenvalue weighted by Crippen LogP contribution is -2.23. The number of rotatable bonds is 4. The summed E-state index contributed by atoms with van der Waals surface area (Å²) in [4.78, 5) is 20.3. The monoisotopic (exact) mass is 298 g/mol. The number of furan rings is 1. The summed E-state index contributed by atoms with van der Waals surface area (Å²) >= 11 is 0. The second-order valence-corrected chi connectivity index (χ2v) is 4.63. The van der Waals surface area contributed by atoms with Crippen molar-refractivity contribution in [3.63, 3.8) is 0 Å². The molecule has 8 nitrogen and oxygen atoms in total. The van der Waals surface area contributed by atoms with E-state index in [0.29, 0.717) is 11.6 Å². The summed E-state index contributed by atoms with van der Waals surface area (Å²) in [6.45, 7) is 2.12. The van der Waals surface area contributed by atoms with Gasteiger partial charge in [0.25, 0.3) is 5.91 Å². The van der Waals surface area contributed by atoms with Crippen LogP contribution in [0.3, 0.4) is 0 Å². The van der Waals surface area contributed by atoms with E-state index in [0.717, 1.165) is 5.69 Å². The molecule has 0 saturated heterocycles. The van der Waals surface area contributed by atoms with Crippen LogP contribution in [0.4, 0.5) is 5.82 Å². The average Bonchev–Trinajstić information content (AvgIpc) is 3.14. The second-order valence-electron chi connectivity index (χ2n) is 4.63. The van der Waals surface area contributed by atoms with Crippen molar-refractivity contribution in [1.29, 1.82) is 0 Å². The second kappa shape index (κ2) is 5.68. The number of nitrogens with one attached hydrogen (secondary N) is 1. The summed E-state index contributed by atoms with van der Waals surface area (Å²) in [5, 5.41) is 6.83. The van der Waals surface area contributed by atoms with Crippen molar-refractivity contribution in [1.82, 2.24) is 25.1 Å². The van der Waals surface area contributed by atoms with Crippen molar-refractivity contribution in [2.45, 2.75) is 13.5 Å². The van der Waals surface area contributed by atoms with E-state index in [1.807, 2.05) is 6.92 Å². The molecule has 1 amide bonds. The lowest BCUT2D eigenvalue weighted by Gasteiger charge is -2.05. The molecule has 3 aromatic heterocycles. The van der Waals surface area contributed by atoms with Gasteiger partial charge in [-0.15, -0.1) is 0 Å². The van der Waals surface area contributed by atoms with E-state index in [1.54, 1.807) is 24.5 Å². The van der Waals surface area contributed by atoms with E-state index in [1.165, 1.54) is 17.2 Å². The molecule has 22 heavy (non-hydrogen) atoms. The van der Waals surface area contributed by atoms with Crippen molar-refractivity contribution < 1.29 is 9.21 Å². The number of hydrogen-bond acceptors (Lipinski definition) is 6. The predicted molar refractivity (Wildman–Crippen MR) is 78.2 cm³/mol. The fourth-order valence-electron chi connectivity index (χ4n) is 1.95. The number of nitrogens with zero attached hydrogens (tertiary/aromatic N) is 4. The van der Waals surface area contributed by atoms with Gasteiger partial charge in [0.15, 0.2) is 5.82 Å². The Morgan fingerprint density at radius 1 is 1.45 bits per heavy atom. The molecule has 0 bridgehead atoms. The molecule has 0 aliphatic rings. The zero-order valence-electron chi connectivity index (χ0n) is 11.9. The third kappa shape index (κ3) is 2.66. The van der Waals surface area contributed by atoms with Gasteiger partial charge in [-0.25, -0.2) is 9.97 Å². The number of amides is 1. The molecule has 3 rings (SSSR count). The SMILES string of the molecule is Cc1cc(-n2ncc(C(=O)NCc3ccco3)c2N)ncn1. The van der Waals surface area contributed by atoms with Gasteiger partial charge in [0.05, 0.1) is 19.0 Å². The van der Waals surface area contributed by atoms with E-state index < -0.39 is 0 Å². The maximum absolute atomic E-state index is 12.2. The van der Waals surface area contributed by atoms with Crippen LogP contribution in [0.1, 0.15) is 21.8 Å². The molecule has 3 aromatic rings. The van der Waals surface area contributed by atoms with Crippen LogP contribution in [0, 0.1) is 6.92 Å². The lowest BCUT2D eigenvalue weighted by molar-refractivity contribution is 0.0949. The minimum absolute atomic E-state index is 0.218. The third-order valence-electron chi connectivity index (χ3n) is 3.06. The molecule has 0 fully saturated rings. The standard InChI is InChI=1S/C14H14N6O2/c1-9-5-12(18-8-17-9)20-13(15)11(7-19-20)14(21)16-6-10-3-2-4-22-10/h2-5,7-8H,6,15H2,1H3,(H,16,21). The highest BCUT2D eigenvalue weighted by Gasteiger charge is 2.16. The molecule has 3 heterocycles. The zero-order valence-corrected chi connectivity index (χ0v) is 11.9. The molecule has 112 valence electrons. The van der Waals surface area contributed by atoms with Crippen LogP contribution in [0.15, 0.2) is 41.4 Å². The highest BCUT2D eigenvalue weighted by molar-refractivity contribution is 5.98. The molecule has 0 radical (unpaired) electrons. The molecule has 0 aliphatic carbocycles. The number of hydrogen-bond donors (Lipinski definition) is 2. The minimum Gasteiger partial charge on any atom is -0.467 e. The number of anilines is 1. The fraction of sp³-hybridized carbons (Fsp3) is 0.143. The van der Waals surface area contributed by atoms with Gasteiger partial charge in [-0.05, 0) is 19.1 Å². The molecular weight excluding hydrogens is 284 g/mol. The van der Waals surface area contributed by atoms with Crippen molar-refractivity contribution >= 4 is 11.7 Å². The summed E-state index contributed by atoms with van der Waals surface area (Å²) < 4.78 is 6.55. The smallest absolute Gasteiger partial charge is 0.257 e. The number of aromatic nitrogens is 4. The van der Waals surface area contributed by atoms with E-state index >= 15 is 0 Å². The molecular formula is C14H14N6O2. The molecule has 8 heteroatoms. The van der Waals surface area contributed by atoms with Crippen molar-refractivity contribution in [3.8, 4) is 5.82 Å². The Morgan fingerprint density at radius 3 is 3.05 bits per heavy atom. The summed E-state index contributed by atoms with van der Waals surface area (Å²) in [5.41, 5.74) is 7.05. The highest BCUT2D eigenvalue weighted by atomic mass is 16.3. The first-order valence-electron chi connectivity index (χ1n) is 6.58. The van der Waals surface area contributed by atoms with Gasteiger partial charge in [-0.2, -0.15) is 9.78 Å². The molecule has 0 atom stereocenters. The Kier molecular flexibility index (Phi) is 3.57. The largest absolute Gasteiger partial charge is 0.467 e. The normalized spacial score (nSPS) is 10.6. The van der Waals surface area contributed by atoms with Crippen LogP contribution in [0.25, 0.3) is 5.82 Å². The quantitative estimate of drug-likeness (QED) is 0.745. The number of carbonyl (C=O) groups excluding carboxylic acids is 1. The topological polar surface area (TPSA) is 112 Å². The van der Waals surface area contributed by atoms with Crippen LogP contribution >= 0.6 is 0 Å². The summed E-state index contributed by atoms with van der Waals surface area (Å²) in [6.07, 6.45) is 4.37. The summed E-state index contributed by atoms with van der Waals surface area (Å²) in [5.74, 6) is 1.06. The van der Waals surface area contributed by atoms with Gasteiger partial charge in [0.1, 0.15) is 23.5 Å². The predicted octanol–water partition coefficient (Wildman–Crippen LogP) is 1.08. The van der Waals surface area contributed by atoms with Gasteiger partial charge in [-0.3, -0.25) is 4.79 Å². The Morgan fingerprint density at radius 2 is 2.32 bits per heavy atom. The molecule has 0 unspecified atom stereocenters. The molecule has 0 aromatic carbocycles. The van der Waals surface area contributed by atoms with Crippen molar-refractivity contribution in [2.75, 3.05) is 5.73 Å². The first-order valence-corrected chi connectivity index (χ1v) is 6.58. The Labute approximate surface area is 126 Å². The molecule has 0 spiro atoms. The minimum atomic E-state index is -0.328. The highest BCUT2D eigenvalue weighted by Crippen LogP contribution is 2.15. The summed E-state index contributed by atoms with van der Waals surface area (Å²) in [7, 11) is 0. The van der Waals surface area contributed by atoms with E-state index in [9.17, 15) is 4.79 Å². The Hall–Kier alpha value is -3.16. The molecule has 0 aliphatic heterocycles. The van der Waals surface area contributed by atoms with Crippen molar-refractivity contribution in [3.05, 3.63) is 54.0 Å². The summed E-state index contributed by atoms with van der Waals surface area (Å²) in [6, 6.07) is 5.26. The van der Waals surface area contributed by atoms with Crippen LogP contribution in [-0.2, 0) is 6.54 Å². The molecule has 0 saturated carbocycles.